The molecule has 4 heterocycles. The second-order valence-electron chi connectivity index (χ2n) is 12.6. The van der Waals surface area contributed by atoms with Crippen LogP contribution in [0.4, 0.5) is 0 Å². The van der Waals surface area contributed by atoms with Gasteiger partial charge in [0.2, 0.25) is 11.8 Å². The van der Waals surface area contributed by atoms with Crippen LogP contribution < -0.4 is 9.47 Å². The van der Waals surface area contributed by atoms with Crippen LogP contribution in [0.2, 0.25) is 10.0 Å². The van der Waals surface area contributed by atoms with Gasteiger partial charge in [-0.3, -0.25) is 19.8 Å². The minimum atomic E-state index is -0.712. The predicted octanol–water partition coefficient (Wildman–Crippen LogP) is 6.78. The van der Waals surface area contributed by atoms with Gasteiger partial charge in [0, 0.05) is 47.8 Å². The Kier molecular flexibility index (Phi) is 9.77. The van der Waals surface area contributed by atoms with Crippen LogP contribution in [0.1, 0.15) is 44.5 Å². The summed E-state index contributed by atoms with van der Waals surface area (Å²) >= 11 is 14.1. The van der Waals surface area contributed by atoms with Gasteiger partial charge in [-0.05, 0) is 52.7 Å². The molecular formula is C35H40Cl2N6O3. The number of benzene rings is 2. The number of hydrogen-bond acceptors (Lipinski definition) is 9. The van der Waals surface area contributed by atoms with Crippen LogP contribution in [0.15, 0.2) is 48.8 Å². The van der Waals surface area contributed by atoms with Gasteiger partial charge in [-0.2, -0.15) is 0 Å². The molecule has 0 saturated carbocycles. The van der Waals surface area contributed by atoms with Crippen LogP contribution in [-0.2, 0) is 13.1 Å². The average Bonchev–Trinajstić information content (AvgIpc) is 3.75. The summed E-state index contributed by atoms with van der Waals surface area (Å²) < 4.78 is 11.3. The summed E-state index contributed by atoms with van der Waals surface area (Å²) in [5.41, 5.74) is 5.05. The van der Waals surface area contributed by atoms with Gasteiger partial charge in [0.05, 0.1) is 53.6 Å². The molecule has 9 nitrogen and oxygen atoms in total. The highest BCUT2D eigenvalue weighted by Gasteiger charge is 2.34. The first-order valence-electron chi connectivity index (χ1n) is 15.7. The van der Waals surface area contributed by atoms with E-state index in [4.69, 9.17) is 52.6 Å². The van der Waals surface area contributed by atoms with E-state index in [2.05, 4.69) is 9.80 Å². The summed E-state index contributed by atoms with van der Waals surface area (Å²) in [5, 5.41) is 11.5. The molecule has 2 fully saturated rings. The van der Waals surface area contributed by atoms with Gasteiger partial charge in [-0.15, -0.1) is 0 Å². The second kappa shape index (κ2) is 13.8. The topological polar surface area (TPSA) is 96.7 Å². The van der Waals surface area contributed by atoms with Crippen molar-refractivity contribution in [3.63, 3.8) is 0 Å². The molecule has 2 aromatic heterocycles. The van der Waals surface area contributed by atoms with E-state index in [9.17, 15) is 5.11 Å². The van der Waals surface area contributed by atoms with E-state index in [-0.39, 0.29) is 5.92 Å². The van der Waals surface area contributed by atoms with Crippen molar-refractivity contribution in [1.82, 2.24) is 29.7 Å². The van der Waals surface area contributed by atoms with Gasteiger partial charge in [-0.1, -0.05) is 59.6 Å². The Bertz CT molecular complexity index is 1710. The number of rotatable bonds is 10. The molecule has 1 atom stereocenters. The standard InChI is InChI=1S/C35H40Cl2N6O3/c1-35(2,44)22-13-16-43(19-22)21-30-34(46-4)41-28(18-39-30)26-12-8-10-24(32(26)37)23-9-7-11-25(31(23)36)27-17-38-29(33(40-27)45-3)20-42-14-5-6-15-42/h7-12,17-18,22,44H,5-6,13-16,19-21H2,1-4H3. The fourth-order valence-electron chi connectivity index (χ4n) is 6.39. The number of ether oxygens (including phenoxy) is 2. The molecule has 0 radical (unpaired) electrons. The largest absolute Gasteiger partial charge is 0.480 e. The Morgan fingerprint density at radius 3 is 1.70 bits per heavy atom. The minimum Gasteiger partial charge on any atom is -0.480 e. The van der Waals surface area contributed by atoms with Crippen LogP contribution in [0.25, 0.3) is 33.6 Å². The zero-order valence-corrected chi connectivity index (χ0v) is 28.3. The highest BCUT2D eigenvalue weighted by molar-refractivity contribution is 6.39. The second-order valence-corrected chi connectivity index (χ2v) is 13.4. The normalized spacial score (nSPS) is 17.5. The lowest BCUT2D eigenvalue weighted by atomic mass is 9.90. The smallest absolute Gasteiger partial charge is 0.237 e. The first-order chi connectivity index (χ1) is 22.2. The highest BCUT2D eigenvalue weighted by Crippen LogP contribution is 2.42. The lowest BCUT2D eigenvalue weighted by Gasteiger charge is -2.25. The van der Waals surface area contributed by atoms with E-state index < -0.39 is 5.60 Å². The van der Waals surface area contributed by atoms with Crippen molar-refractivity contribution in [2.24, 2.45) is 5.92 Å². The fourth-order valence-corrected chi connectivity index (χ4v) is 7.04. The summed E-state index contributed by atoms with van der Waals surface area (Å²) in [5.74, 6) is 1.17. The number of nitrogens with zero attached hydrogens (tertiary/aromatic N) is 6. The quantitative estimate of drug-likeness (QED) is 0.197. The van der Waals surface area contributed by atoms with Gasteiger partial charge < -0.3 is 14.6 Å². The zero-order valence-electron chi connectivity index (χ0n) is 26.8. The fraction of sp³-hybridized carbons (Fsp3) is 0.429. The summed E-state index contributed by atoms with van der Waals surface area (Å²) in [4.78, 5) is 23.7. The third kappa shape index (κ3) is 6.85. The van der Waals surface area contributed by atoms with Crippen molar-refractivity contribution in [1.29, 1.82) is 0 Å². The molecule has 6 rings (SSSR count). The first kappa shape index (κ1) is 32.6. The van der Waals surface area contributed by atoms with E-state index in [0.29, 0.717) is 51.8 Å². The van der Waals surface area contributed by atoms with Crippen molar-refractivity contribution in [2.45, 2.75) is 51.8 Å². The van der Waals surface area contributed by atoms with Crippen LogP contribution in [0.3, 0.4) is 0 Å². The Balaban J connectivity index is 1.27. The third-order valence-corrected chi connectivity index (χ3v) is 9.88. The van der Waals surface area contributed by atoms with Gasteiger partial charge in [-0.25, -0.2) is 9.97 Å². The number of aromatic nitrogens is 4. The molecule has 11 heteroatoms. The van der Waals surface area contributed by atoms with E-state index >= 15 is 0 Å². The molecule has 2 aliphatic rings. The molecular weight excluding hydrogens is 623 g/mol. The summed E-state index contributed by atoms with van der Waals surface area (Å²) in [6, 6.07) is 11.6. The summed E-state index contributed by atoms with van der Waals surface area (Å²) in [6.45, 7) is 8.85. The Labute approximate surface area is 280 Å². The summed E-state index contributed by atoms with van der Waals surface area (Å²) in [6.07, 6.45) is 6.84. The van der Waals surface area contributed by atoms with Crippen LogP contribution >= 0.6 is 23.2 Å². The Morgan fingerprint density at radius 2 is 1.24 bits per heavy atom. The van der Waals surface area contributed by atoms with Crippen molar-refractivity contribution in [3.05, 3.63) is 70.2 Å². The van der Waals surface area contributed by atoms with E-state index in [1.165, 1.54) is 12.8 Å². The maximum Gasteiger partial charge on any atom is 0.237 e. The zero-order chi connectivity index (χ0) is 32.4. The molecule has 0 aliphatic carbocycles. The molecule has 46 heavy (non-hydrogen) atoms. The van der Waals surface area contributed by atoms with Gasteiger partial charge in [0.25, 0.3) is 0 Å². The Morgan fingerprint density at radius 1 is 0.761 bits per heavy atom. The third-order valence-electron chi connectivity index (χ3n) is 9.07. The lowest BCUT2D eigenvalue weighted by molar-refractivity contribution is 0.0207. The number of halogens is 2. The Hall–Kier alpha value is -3.34. The van der Waals surface area contributed by atoms with E-state index in [1.807, 2.05) is 50.2 Å². The van der Waals surface area contributed by atoms with Gasteiger partial charge in [0.1, 0.15) is 11.4 Å². The molecule has 2 saturated heterocycles. The van der Waals surface area contributed by atoms with Gasteiger partial charge >= 0.3 is 0 Å². The minimum absolute atomic E-state index is 0.214. The number of aliphatic hydroxyl groups is 1. The first-order valence-corrected chi connectivity index (χ1v) is 16.5. The molecule has 1 unspecified atom stereocenters. The van der Waals surface area contributed by atoms with Crippen LogP contribution in [0, 0.1) is 5.92 Å². The van der Waals surface area contributed by atoms with Crippen molar-refractivity contribution < 1.29 is 14.6 Å². The maximum absolute atomic E-state index is 10.4. The molecule has 1 N–H and O–H groups in total. The molecule has 0 amide bonds. The van der Waals surface area contributed by atoms with Gasteiger partial charge in [0.15, 0.2) is 0 Å². The SMILES string of the molecule is COc1nc(-c2cccc(-c3cccc(-c4cnc(CN5CCC(C(C)(C)O)C5)c(OC)n4)c3Cl)c2Cl)cnc1CN1CCCC1. The molecule has 0 bridgehead atoms. The van der Waals surface area contributed by atoms with E-state index in [0.717, 1.165) is 60.7 Å². The molecule has 4 aromatic rings. The molecule has 242 valence electrons. The molecule has 0 spiro atoms. The van der Waals surface area contributed by atoms with E-state index in [1.54, 1.807) is 26.6 Å². The van der Waals surface area contributed by atoms with Crippen molar-refractivity contribution in [2.75, 3.05) is 40.4 Å². The highest BCUT2D eigenvalue weighted by atomic mass is 35.5. The monoisotopic (exact) mass is 662 g/mol. The van der Waals surface area contributed by atoms with Crippen molar-refractivity contribution >= 4 is 23.2 Å². The molecule has 2 aliphatic heterocycles. The number of hydrogen-bond donors (Lipinski definition) is 1. The molecule has 2 aromatic carbocycles. The van der Waals surface area contributed by atoms with Crippen LogP contribution in [-0.4, -0.2) is 80.8 Å². The summed E-state index contributed by atoms with van der Waals surface area (Å²) in [7, 11) is 3.22. The predicted molar refractivity (Wildman–Crippen MR) is 181 cm³/mol. The maximum atomic E-state index is 10.4. The number of methoxy groups -OCH3 is 2. The van der Waals surface area contributed by atoms with Crippen molar-refractivity contribution in [3.8, 4) is 45.4 Å². The van der Waals surface area contributed by atoms with Crippen LogP contribution in [0.5, 0.6) is 11.8 Å². The average molecular weight is 664 g/mol. The lowest BCUT2D eigenvalue weighted by Crippen LogP contribution is -2.33. The number of likely N-dealkylation sites (tertiary alicyclic amines) is 2.